The van der Waals surface area contributed by atoms with E-state index in [1.807, 2.05) is 6.92 Å². The number of nitrogens with zero attached hydrogens (tertiary/aromatic N) is 5. The molecule has 10 heteroatoms. The van der Waals surface area contributed by atoms with Crippen molar-refractivity contribution in [1.82, 2.24) is 29.9 Å². The summed E-state index contributed by atoms with van der Waals surface area (Å²) in [6.07, 6.45) is 7.22. The van der Waals surface area contributed by atoms with Crippen LogP contribution in [0.2, 0.25) is 0 Å². The Morgan fingerprint density at radius 3 is 2.83 bits per heavy atom. The van der Waals surface area contributed by atoms with Crippen LogP contribution < -0.4 is 0 Å². The summed E-state index contributed by atoms with van der Waals surface area (Å²) in [7, 11) is 1.58. The third-order valence-corrected chi connectivity index (χ3v) is 4.46. The fourth-order valence-corrected chi connectivity index (χ4v) is 2.99. The van der Waals surface area contributed by atoms with Crippen LogP contribution in [0.3, 0.4) is 0 Å². The van der Waals surface area contributed by atoms with Crippen molar-refractivity contribution in [3.8, 4) is 0 Å². The summed E-state index contributed by atoms with van der Waals surface area (Å²) in [5, 5.41) is 17.9. The molecule has 4 rings (SSSR count). The van der Waals surface area contributed by atoms with Gasteiger partial charge in [-0.05, 0) is 42.8 Å². The molecule has 0 radical (unpaired) electrons. The van der Waals surface area contributed by atoms with Crippen LogP contribution in [-0.4, -0.2) is 35.7 Å². The van der Waals surface area contributed by atoms with Gasteiger partial charge in [0.05, 0.1) is 22.2 Å². The number of alkyl halides is 2. The number of rotatable bonds is 5. The van der Waals surface area contributed by atoms with Crippen LogP contribution in [0.25, 0.3) is 17.0 Å². The first-order chi connectivity index (χ1) is 14.3. The maximum Gasteiger partial charge on any atom is 0.334 e. The molecule has 0 saturated heterocycles. The summed E-state index contributed by atoms with van der Waals surface area (Å²) < 4.78 is 45.9. The second kappa shape index (κ2) is 7.21. The third-order valence-electron chi connectivity index (χ3n) is 4.46. The molecule has 2 N–H and O–H groups in total. The van der Waals surface area contributed by atoms with Gasteiger partial charge in [0.15, 0.2) is 11.6 Å². The highest BCUT2D eigenvalue weighted by Crippen LogP contribution is 2.37. The Bertz CT molecular complexity index is 1290. The van der Waals surface area contributed by atoms with E-state index in [2.05, 4.69) is 25.3 Å². The van der Waals surface area contributed by atoms with Crippen molar-refractivity contribution in [2.24, 2.45) is 7.05 Å². The van der Waals surface area contributed by atoms with Crippen LogP contribution in [0.15, 0.2) is 42.9 Å². The summed E-state index contributed by atoms with van der Waals surface area (Å²) in [6, 6.07) is 4.09. The maximum absolute atomic E-state index is 14.9. The van der Waals surface area contributed by atoms with Crippen LogP contribution in [0.1, 0.15) is 28.3 Å². The molecule has 3 heterocycles. The molecule has 0 spiro atoms. The quantitative estimate of drug-likeness (QED) is 0.489. The standard InChI is InChI=1S/C20H16F3N7/c1-11-7-12(9-25-8-11)15(24)4-6-17-26-19(28-27-17)20(22,23)14-3-5-16-13(18(14)21)10-30(2)29-16/h3-10,24H,1-2H3,(H,26,27,28). The molecule has 0 aliphatic carbocycles. The number of aromatic nitrogens is 6. The first kappa shape index (κ1) is 19.5. The number of hydrogen-bond donors (Lipinski definition) is 2. The van der Waals surface area contributed by atoms with Gasteiger partial charge in [-0.15, -0.1) is 0 Å². The Labute approximate surface area is 168 Å². The molecule has 0 atom stereocenters. The fourth-order valence-electron chi connectivity index (χ4n) is 2.99. The predicted octanol–water partition coefficient (Wildman–Crippen LogP) is 3.76. The number of aromatic amines is 1. The van der Waals surface area contributed by atoms with E-state index in [0.29, 0.717) is 5.56 Å². The molecule has 30 heavy (non-hydrogen) atoms. The highest BCUT2D eigenvalue weighted by atomic mass is 19.3. The molecule has 1 aromatic carbocycles. The van der Waals surface area contributed by atoms with Gasteiger partial charge in [-0.25, -0.2) is 9.37 Å². The molecule has 0 unspecified atom stereocenters. The van der Waals surface area contributed by atoms with Crippen LogP contribution in [0.5, 0.6) is 0 Å². The number of nitrogens with one attached hydrogen (secondary N) is 2. The van der Waals surface area contributed by atoms with Crippen molar-refractivity contribution in [3.63, 3.8) is 0 Å². The SMILES string of the molecule is Cc1cncc(C(=N)C=Cc2n[nH]c(C(F)(F)c3ccc4nn(C)cc4c3F)n2)c1. The molecule has 0 fully saturated rings. The van der Waals surface area contributed by atoms with Gasteiger partial charge in [0.2, 0.25) is 0 Å². The van der Waals surface area contributed by atoms with E-state index in [9.17, 15) is 13.2 Å². The Morgan fingerprint density at radius 2 is 2.07 bits per heavy atom. The monoisotopic (exact) mass is 411 g/mol. The topological polar surface area (TPSA) is 96.1 Å². The Balaban J connectivity index is 1.61. The summed E-state index contributed by atoms with van der Waals surface area (Å²) in [6.45, 7) is 1.85. The number of benzene rings is 1. The van der Waals surface area contributed by atoms with Gasteiger partial charge in [0, 0.05) is 31.2 Å². The normalized spacial score (nSPS) is 12.2. The average molecular weight is 411 g/mol. The van der Waals surface area contributed by atoms with E-state index in [-0.39, 0.29) is 22.4 Å². The van der Waals surface area contributed by atoms with Crippen LogP contribution >= 0.6 is 0 Å². The molecule has 0 aliphatic rings. The van der Waals surface area contributed by atoms with Crippen molar-refractivity contribution < 1.29 is 13.2 Å². The zero-order valence-electron chi connectivity index (χ0n) is 16.0. The van der Waals surface area contributed by atoms with Crippen molar-refractivity contribution in [1.29, 1.82) is 5.41 Å². The molecule has 0 saturated carbocycles. The van der Waals surface area contributed by atoms with E-state index in [1.165, 1.54) is 35.3 Å². The van der Waals surface area contributed by atoms with E-state index in [4.69, 9.17) is 5.41 Å². The fraction of sp³-hybridized carbons (Fsp3) is 0.150. The van der Waals surface area contributed by atoms with Crippen molar-refractivity contribution in [2.45, 2.75) is 12.8 Å². The van der Waals surface area contributed by atoms with Gasteiger partial charge in [0.25, 0.3) is 0 Å². The predicted molar refractivity (Wildman–Crippen MR) is 105 cm³/mol. The molecule has 0 aliphatic heterocycles. The smallest absolute Gasteiger partial charge is 0.300 e. The van der Waals surface area contributed by atoms with Crippen molar-refractivity contribution >= 4 is 22.7 Å². The third kappa shape index (κ3) is 3.47. The molecule has 0 bridgehead atoms. The summed E-state index contributed by atoms with van der Waals surface area (Å²) in [5.74, 6) is -5.65. The summed E-state index contributed by atoms with van der Waals surface area (Å²) in [5.41, 5.74) is 1.03. The lowest BCUT2D eigenvalue weighted by atomic mass is 10.0. The van der Waals surface area contributed by atoms with Crippen molar-refractivity contribution in [3.05, 3.63) is 77.0 Å². The summed E-state index contributed by atoms with van der Waals surface area (Å²) in [4.78, 5) is 7.77. The van der Waals surface area contributed by atoms with E-state index >= 15 is 0 Å². The molecule has 0 amide bonds. The minimum Gasteiger partial charge on any atom is -0.300 e. The Hall–Kier alpha value is -3.82. The Morgan fingerprint density at radius 1 is 1.27 bits per heavy atom. The van der Waals surface area contributed by atoms with Crippen LogP contribution in [0.4, 0.5) is 13.2 Å². The van der Waals surface area contributed by atoms with Crippen LogP contribution in [0, 0.1) is 18.2 Å². The molecule has 7 nitrogen and oxygen atoms in total. The van der Waals surface area contributed by atoms with Crippen LogP contribution in [-0.2, 0) is 13.0 Å². The molecular formula is C20H16F3N7. The first-order valence-electron chi connectivity index (χ1n) is 8.87. The Kier molecular flexibility index (Phi) is 4.69. The van der Waals surface area contributed by atoms with Crippen molar-refractivity contribution in [2.75, 3.05) is 0 Å². The lowest BCUT2D eigenvalue weighted by Gasteiger charge is -2.14. The number of pyridine rings is 1. The van der Waals surface area contributed by atoms with Gasteiger partial charge in [0.1, 0.15) is 5.82 Å². The number of aryl methyl sites for hydroxylation is 2. The number of H-pyrrole nitrogens is 1. The number of fused-ring (bicyclic) bond motifs is 1. The second-order valence-corrected chi connectivity index (χ2v) is 6.78. The molecule has 3 aromatic heterocycles. The second-order valence-electron chi connectivity index (χ2n) is 6.78. The van der Waals surface area contributed by atoms with E-state index < -0.39 is 23.1 Å². The maximum atomic E-state index is 14.9. The van der Waals surface area contributed by atoms with Gasteiger partial charge in [-0.1, -0.05) is 0 Å². The first-order valence-corrected chi connectivity index (χ1v) is 8.87. The number of allylic oxidation sites excluding steroid dienone is 1. The lowest BCUT2D eigenvalue weighted by Crippen LogP contribution is -2.19. The van der Waals surface area contributed by atoms with Gasteiger partial charge in [-0.3, -0.25) is 14.8 Å². The van der Waals surface area contributed by atoms with E-state index in [0.717, 1.165) is 11.6 Å². The molecule has 152 valence electrons. The van der Waals surface area contributed by atoms with Gasteiger partial charge >= 0.3 is 5.92 Å². The lowest BCUT2D eigenvalue weighted by molar-refractivity contribution is 0.0297. The van der Waals surface area contributed by atoms with E-state index in [1.54, 1.807) is 19.3 Å². The highest BCUT2D eigenvalue weighted by Gasteiger charge is 2.41. The average Bonchev–Trinajstić information content (AvgIpc) is 3.33. The molecule has 4 aromatic rings. The minimum atomic E-state index is -3.73. The van der Waals surface area contributed by atoms with Gasteiger partial charge < -0.3 is 5.41 Å². The summed E-state index contributed by atoms with van der Waals surface area (Å²) >= 11 is 0. The largest absolute Gasteiger partial charge is 0.334 e. The zero-order chi connectivity index (χ0) is 21.5. The minimum absolute atomic E-state index is 0.00507. The molecular weight excluding hydrogens is 395 g/mol. The zero-order valence-corrected chi connectivity index (χ0v) is 16.0. The number of halogens is 3. The highest BCUT2D eigenvalue weighted by molar-refractivity contribution is 6.08. The van der Waals surface area contributed by atoms with Gasteiger partial charge in [-0.2, -0.15) is 19.0 Å². The number of hydrogen-bond acceptors (Lipinski definition) is 5.